The van der Waals surface area contributed by atoms with Crippen molar-refractivity contribution < 1.29 is 23.0 Å². The molecule has 1 aliphatic rings. The summed E-state index contributed by atoms with van der Waals surface area (Å²) in [4.78, 5) is 15.6. The Morgan fingerprint density at radius 3 is 2.58 bits per heavy atom. The van der Waals surface area contributed by atoms with Gasteiger partial charge >= 0.3 is 0 Å². The molecule has 1 saturated heterocycles. The molecule has 0 bridgehead atoms. The molecule has 144 valence electrons. The van der Waals surface area contributed by atoms with Crippen molar-refractivity contribution in [3.8, 4) is 11.5 Å². The van der Waals surface area contributed by atoms with Gasteiger partial charge in [-0.1, -0.05) is 13.0 Å². The fourth-order valence-corrected chi connectivity index (χ4v) is 2.74. The van der Waals surface area contributed by atoms with Gasteiger partial charge in [-0.3, -0.25) is 9.69 Å². The quantitative estimate of drug-likeness (QED) is 0.662. The van der Waals surface area contributed by atoms with E-state index in [9.17, 15) is 13.6 Å². The molecule has 1 aromatic carbocycles. The number of carbonyl (C=O) groups excluding carboxylic acids is 1. The molecule has 1 amide bonds. The predicted octanol–water partition coefficient (Wildman–Crippen LogP) is 2.91. The lowest BCUT2D eigenvalue weighted by Gasteiger charge is -2.33. The number of rotatable bonds is 8. The monoisotopic (exact) mass is 368 g/mol. The average molecular weight is 368 g/mol. The van der Waals surface area contributed by atoms with Gasteiger partial charge in [0.2, 0.25) is 5.91 Å². The molecule has 26 heavy (non-hydrogen) atoms. The van der Waals surface area contributed by atoms with Crippen molar-refractivity contribution in [3.05, 3.63) is 29.8 Å². The van der Waals surface area contributed by atoms with E-state index in [4.69, 9.17) is 9.47 Å². The number of benzene rings is 1. The van der Waals surface area contributed by atoms with Gasteiger partial charge in [0.25, 0.3) is 6.43 Å². The van der Waals surface area contributed by atoms with Gasteiger partial charge in [-0.15, -0.1) is 0 Å². The number of methoxy groups -OCH3 is 1. The van der Waals surface area contributed by atoms with Crippen molar-refractivity contribution in [2.24, 2.45) is 0 Å². The first-order chi connectivity index (χ1) is 12.5. The predicted molar refractivity (Wildman–Crippen MR) is 96.8 cm³/mol. The minimum absolute atomic E-state index is 0.119. The third-order valence-electron chi connectivity index (χ3n) is 4.15. The summed E-state index contributed by atoms with van der Waals surface area (Å²) in [5, 5.41) is 0. The maximum Gasteiger partial charge on any atom is 0.251 e. The molecule has 1 aromatic rings. The second-order valence-electron chi connectivity index (χ2n) is 6.11. The standard InChI is InChI=1S/C19H26F2N2O3/c1-3-12-26-16-6-4-15(13-17(16)25-2)5-7-19(24)23-10-8-22(9-11-23)14-18(20)21/h4-7,13,18H,3,8-12,14H2,1-2H3/b7-5+. The second kappa shape index (κ2) is 10.1. The normalized spacial score (nSPS) is 15.7. The Morgan fingerprint density at radius 2 is 1.96 bits per heavy atom. The van der Waals surface area contributed by atoms with E-state index >= 15 is 0 Å². The third kappa shape index (κ3) is 5.98. The highest BCUT2D eigenvalue weighted by Crippen LogP contribution is 2.28. The Morgan fingerprint density at radius 1 is 1.23 bits per heavy atom. The van der Waals surface area contributed by atoms with Crippen molar-refractivity contribution >= 4 is 12.0 Å². The first kappa shape index (κ1) is 20.2. The first-order valence-corrected chi connectivity index (χ1v) is 8.81. The Balaban J connectivity index is 1.91. The van der Waals surface area contributed by atoms with Crippen LogP contribution in [0, 0.1) is 0 Å². The highest BCUT2D eigenvalue weighted by atomic mass is 19.3. The molecule has 0 N–H and O–H groups in total. The van der Waals surface area contributed by atoms with E-state index in [1.807, 2.05) is 25.1 Å². The molecule has 0 saturated carbocycles. The smallest absolute Gasteiger partial charge is 0.251 e. The number of alkyl halides is 2. The van der Waals surface area contributed by atoms with Gasteiger partial charge < -0.3 is 14.4 Å². The lowest BCUT2D eigenvalue weighted by Crippen LogP contribution is -2.49. The van der Waals surface area contributed by atoms with E-state index in [1.54, 1.807) is 23.0 Å². The van der Waals surface area contributed by atoms with E-state index in [0.717, 1.165) is 12.0 Å². The molecule has 0 radical (unpaired) electrons. The zero-order valence-electron chi connectivity index (χ0n) is 15.3. The van der Waals surface area contributed by atoms with Crippen molar-refractivity contribution in [1.82, 2.24) is 9.80 Å². The highest BCUT2D eigenvalue weighted by molar-refractivity contribution is 5.92. The minimum Gasteiger partial charge on any atom is -0.493 e. The fourth-order valence-electron chi connectivity index (χ4n) is 2.74. The molecule has 1 fully saturated rings. The summed E-state index contributed by atoms with van der Waals surface area (Å²) in [5.41, 5.74) is 0.829. The number of carbonyl (C=O) groups is 1. The van der Waals surface area contributed by atoms with Crippen molar-refractivity contribution in [3.63, 3.8) is 0 Å². The largest absolute Gasteiger partial charge is 0.493 e. The third-order valence-corrected chi connectivity index (χ3v) is 4.15. The summed E-state index contributed by atoms with van der Waals surface area (Å²) >= 11 is 0. The molecule has 2 rings (SSSR count). The molecule has 0 spiro atoms. The first-order valence-electron chi connectivity index (χ1n) is 8.81. The molecule has 0 atom stereocenters. The summed E-state index contributed by atoms with van der Waals surface area (Å²) in [7, 11) is 1.58. The van der Waals surface area contributed by atoms with Gasteiger partial charge in [0.05, 0.1) is 20.3 Å². The Bertz CT molecular complexity index is 615. The number of hydrogen-bond acceptors (Lipinski definition) is 4. The molecule has 0 unspecified atom stereocenters. The lowest BCUT2D eigenvalue weighted by molar-refractivity contribution is -0.127. The maximum absolute atomic E-state index is 12.4. The molecule has 1 aliphatic heterocycles. The summed E-state index contributed by atoms with van der Waals surface area (Å²) < 4.78 is 35.7. The van der Waals surface area contributed by atoms with Gasteiger partial charge in [-0.2, -0.15) is 0 Å². The lowest BCUT2D eigenvalue weighted by atomic mass is 10.2. The Hall–Kier alpha value is -2.15. The maximum atomic E-state index is 12.4. The van der Waals surface area contributed by atoms with Crippen LogP contribution in [0.2, 0.25) is 0 Å². The number of halogens is 2. The fraction of sp³-hybridized carbons (Fsp3) is 0.526. The summed E-state index contributed by atoms with van der Waals surface area (Å²) in [6.45, 7) is 4.28. The molecule has 0 aliphatic carbocycles. The van der Waals surface area contributed by atoms with Gasteiger partial charge in [0, 0.05) is 32.3 Å². The molecule has 5 nitrogen and oxygen atoms in total. The Labute approximate surface area is 153 Å². The van der Waals surface area contributed by atoms with E-state index in [0.29, 0.717) is 44.3 Å². The van der Waals surface area contributed by atoms with Crippen LogP contribution in [0.3, 0.4) is 0 Å². The van der Waals surface area contributed by atoms with E-state index in [-0.39, 0.29) is 12.5 Å². The SMILES string of the molecule is CCCOc1ccc(/C=C/C(=O)N2CCN(CC(F)F)CC2)cc1OC. The van der Waals surface area contributed by atoms with Crippen LogP contribution >= 0.6 is 0 Å². The molecular formula is C19H26F2N2O3. The number of hydrogen-bond donors (Lipinski definition) is 0. The topological polar surface area (TPSA) is 42.0 Å². The van der Waals surface area contributed by atoms with Gasteiger partial charge in [-0.05, 0) is 30.2 Å². The average Bonchev–Trinajstić information content (AvgIpc) is 2.64. The number of nitrogens with zero attached hydrogens (tertiary/aromatic N) is 2. The number of piperazine rings is 1. The van der Waals surface area contributed by atoms with E-state index < -0.39 is 6.43 Å². The van der Waals surface area contributed by atoms with Crippen LogP contribution in [0.1, 0.15) is 18.9 Å². The van der Waals surface area contributed by atoms with E-state index in [2.05, 4.69) is 0 Å². The Kier molecular flexibility index (Phi) is 7.84. The summed E-state index contributed by atoms with van der Waals surface area (Å²) in [6, 6.07) is 5.50. The van der Waals surface area contributed by atoms with Crippen LogP contribution in [0.25, 0.3) is 6.08 Å². The number of amides is 1. The van der Waals surface area contributed by atoms with Gasteiger partial charge in [0.15, 0.2) is 11.5 Å². The zero-order valence-corrected chi connectivity index (χ0v) is 15.3. The summed E-state index contributed by atoms with van der Waals surface area (Å²) in [6.07, 6.45) is 1.80. The minimum atomic E-state index is -2.34. The van der Waals surface area contributed by atoms with Crippen molar-refractivity contribution in [1.29, 1.82) is 0 Å². The highest BCUT2D eigenvalue weighted by Gasteiger charge is 2.21. The molecule has 1 heterocycles. The zero-order chi connectivity index (χ0) is 18.9. The van der Waals surface area contributed by atoms with Crippen molar-refractivity contribution in [2.45, 2.75) is 19.8 Å². The van der Waals surface area contributed by atoms with E-state index in [1.165, 1.54) is 6.08 Å². The van der Waals surface area contributed by atoms with Crippen LogP contribution in [-0.2, 0) is 4.79 Å². The van der Waals surface area contributed by atoms with Crippen LogP contribution in [-0.4, -0.2) is 68.6 Å². The second-order valence-corrected chi connectivity index (χ2v) is 6.11. The van der Waals surface area contributed by atoms with Gasteiger partial charge in [-0.25, -0.2) is 8.78 Å². The van der Waals surface area contributed by atoms with Gasteiger partial charge in [0.1, 0.15) is 0 Å². The number of ether oxygens (including phenoxy) is 2. The van der Waals surface area contributed by atoms with Crippen LogP contribution in [0.15, 0.2) is 24.3 Å². The van der Waals surface area contributed by atoms with Crippen LogP contribution < -0.4 is 9.47 Å². The molecular weight excluding hydrogens is 342 g/mol. The summed E-state index contributed by atoms with van der Waals surface area (Å²) in [5.74, 6) is 1.17. The van der Waals surface area contributed by atoms with Crippen LogP contribution in [0.5, 0.6) is 11.5 Å². The molecule has 7 heteroatoms. The van der Waals surface area contributed by atoms with Crippen molar-refractivity contribution in [2.75, 3.05) is 46.4 Å². The molecule has 0 aromatic heterocycles. The van der Waals surface area contributed by atoms with Crippen LogP contribution in [0.4, 0.5) is 8.78 Å².